The number of carbonyl (C=O) groups is 3. The Morgan fingerprint density at radius 3 is 0.741 bits per heavy atom. The largest absolute Gasteiger partial charge is 0.462 e. The maximum atomic E-state index is 12.7. The molecule has 0 amide bonds. The monoisotopic (exact) mass is 765 g/mol. The lowest BCUT2D eigenvalue weighted by atomic mass is 10.0. The molecule has 0 aromatic heterocycles. The van der Waals surface area contributed by atoms with Gasteiger partial charge in [-0.25, -0.2) is 0 Å². The smallest absolute Gasteiger partial charge is 0.306 e. The topological polar surface area (TPSA) is 78.9 Å². The van der Waals surface area contributed by atoms with Crippen LogP contribution >= 0.6 is 0 Å². The predicted octanol–water partition coefficient (Wildman–Crippen LogP) is 15.3. The van der Waals surface area contributed by atoms with Crippen molar-refractivity contribution in [1.82, 2.24) is 0 Å². The summed E-state index contributed by atoms with van der Waals surface area (Å²) < 4.78 is 16.7. The van der Waals surface area contributed by atoms with E-state index in [9.17, 15) is 14.4 Å². The molecule has 0 saturated heterocycles. The first kappa shape index (κ1) is 52.4. The summed E-state index contributed by atoms with van der Waals surface area (Å²) in [6, 6.07) is 0. The van der Waals surface area contributed by atoms with E-state index in [4.69, 9.17) is 14.2 Å². The molecule has 0 rings (SSSR count). The highest BCUT2D eigenvalue weighted by atomic mass is 16.6. The fraction of sp³-hybridized carbons (Fsp3) is 0.938. The Morgan fingerprint density at radius 1 is 0.296 bits per heavy atom. The molecule has 0 aromatic rings. The van der Waals surface area contributed by atoms with Crippen LogP contribution in [0, 0.1) is 0 Å². The van der Waals surface area contributed by atoms with Crippen LogP contribution < -0.4 is 0 Å². The quantitative estimate of drug-likeness (QED) is 0.0349. The van der Waals surface area contributed by atoms with E-state index in [2.05, 4.69) is 20.8 Å². The van der Waals surface area contributed by atoms with Crippen LogP contribution in [0.1, 0.15) is 271 Å². The molecule has 0 spiro atoms. The average Bonchev–Trinajstić information content (AvgIpc) is 3.17. The summed E-state index contributed by atoms with van der Waals surface area (Å²) >= 11 is 0. The number of unbranched alkanes of at least 4 members (excludes halogenated alkanes) is 33. The maximum Gasteiger partial charge on any atom is 0.306 e. The second-order valence-corrected chi connectivity index (χ2v) is 16.4. The van der Waals surface area contributed by atoms with Crippen LogP contribution in [0.3, 0.4) is 0 Å². The molecule has 1 atom stereocenters. The average molecular weight is 765 g/mol. The van der Waals surface area contributed by atoms with E-state index >= 15 is 0 Å². The summed E-state index contributed by atoms with van der Waals surface area (Å²) in [5.74, 6) is -0.853. The van der Waals surface area contributed by atoms with Gasteiger partial charge in [0.2, 0.25) is 0 Å². The van der Waals surface area contributed by atoms with Gasteiger partial charge in [0.15, 0.2) is 6.10 Å². The molecular formula is C48H92O6. The normalized spacial score (nSPS) is 11.8. The van der Waals surface area contributed by atoms with Crippen molar-refractivity contribution in [3.63, 3.8) is 0 Å². The molecule has 54 heavy (non-hydrogen) atoms. The molecule has 0 aromatic carbocycles. The van der Waals surface area contributed by atoms with Crippen molar-refractivity contribution in [3.8, 4) is 0 Å². The van der Waals surface area contributed by atoms with Gasteiger partial charge < -0.3 is 14.2 Å². The zero-order valence-corrected chi connectivity index (χ0v) is 36.5. The van der Waals surface area contributed by atoms with Crippen molar-refractivity contribution >= 4 is 17.9 Å². The molecule has 0 heterocycles. The zero-order chi connectivity index (χ0) is 39.4. The first-order valence-corrected chi connectivity index (χ1v) is 24.0. The summed E-state index contributed by atoms with van der Waals surface area (Å²) in [4.78, 5) is 37.7. The van der Waals surface area contributed by atoms with Crippen LogP contribution in [0.2, 0.25) is 0 Å². The first-order valence-electron chi connectivity index (χ1n) is 24.0. The molecule has 0 aliphatic heterocycles. The highest BCUT2D eigenvalue weighted by Crippen LogP contribution is 2.16. The number of carbonyl (C=O) groups excluding carboxylic acids is 3. The van der Waals surface area contributed by atoms with Crippen LogP contribution in [0.15, 0.2) is 0 Å². The van der Waals surface area contributed by atoms with E-state index in [1.165, 1.54) is 173 Å². The second-order valence-electron chi connectivity index (χ2n) is 16.4. The van der Waals surface area contributed by atoms with E-state index in [1.807, 2.05) is 0 Å². The van der Waals surface area contributed by atoms with Crippen LogP contribution in [0.4, 0.5) is 0 Å². The molecule has 6 heteroatoms. The fourth-order valence-electron chi connectivity index (χ4n) is 7.21. The van der Waals surface area contributed by atoms with Gasteiger partial charge in [-0.15, -0.1) is 0 Å². The summed E-state index contributed by atoms with van der Waals surface area (Å²) in [6.45, 7) is 6.63. The van der Waals surface area contributed by atoms with E-state index in [0.29, 0.717) is 19.3 Å². The Labute approximate surface area is 336 Å². The first-order chi connectivity index (χ1) is 26.5. The van der Waals surface area contributed by atoms with Crippen molar-refractivity contribution in [2.24, 2.45) is 0 Å². The van der Waals surface area contributed by atoms with Crippen LogP contribution in [-0.2, 0) is 28.6 Å². The number of ether oxygens (including phenoxy) is 3. The van der Waals surface area contributed by atoms with Gasteiger partial charge in [0, 0.05) is 19.3 Å². The van der Waals surface area contributed by atoms with Crippen molar-refractivity contribution in [2.75, 3.05) is 13.2 Å². The number of hydrogen-bond donors (Lipinski definition) is 0. The summed E-state index contributed by atoms with van der Waals surface area (Å²) in [6.07, 6.45) is 45.2. The number of hydrogen-bond acceptors (Lipinski definition) is 6. The van der Waals surface area contributed by atoms with Gasteiger partial charge in [0.05, 0.1) is 0 Å². The SMILES string of the molecule is CCCCCCCCCCCCCCCCCC(=O)OC[C@H](COC(=O)CCCCCCCCC)OC(=O)CCCCCCCCCCCCCCCC. The molecule has 0 N–H and O–H groups in total. The summed E-state index contributed by atoms with van der Waals surface area (Å²) in [7, 11) is 0. The van der Waals surface area contributed by atoms with E-state index in [-0.39, 0.29) is 31.1 Å². The number of esters is 3. The summed E-state index contributed by atoms with van der Waals surface area (Å²) in [5, 5.41) is 0. The van der Waals surface area contributed by atoms with Crippen molar-refractivity contribution in [1.29, 1.82) is 0 Å². The lowest BCUT2D eigenvalue weighted by Crippen LogP contribution is -2.30. The minimum Gasteiger partial charge on any atom is -0.462 e. The molecule has 320 valence electrons. The van der Waals surface area contributed by atoms with Crippen molar-refractivity contribution in [3.05, 3.63) is 0 Å². The third-order valence-corrected chi connectivity index (χ3v) is 10.9. The minimum absolute atomic E-state index is 0.0627. The third kappa shape index (κ3) is 41.6. The lowest BCUT2D eigenvalue weighted by molar-refractivity contribution is -0.167. The van der Waals surface area contributed by atoms with Crippen molar-refractivity contribution < 1.29 is 28.6 Å². The molecule has 0 aliphatic rings. The van der Waals surface area contributed by atoms with Gasteiger partial charge in [0.25, 0.3) is 0 Å². The molecule has 6 nitrogen and oxygen atoms in total. The third-order valence-electron chi connectivity index (χ3n) is 10.9. The highest BCUT2D eigenvalue weighted by Gasteiger charge is 2.19. The fourth-order valence-corrected chi connectivity index (χ4v) is 7.21. The van der Waals surface area contributed by atoms with Gasteiger partial charge in [-0.1, -0.05) is 233 Å². The minimum atomic E-state index is -0.757. The van der Waals surface area contributed by atoms with Crippen LogP contribution in [0.5, 0.6) is 0 Å². The maximum absolute atomic E-state index is 12.7. The number of rotatable bonds is 44. The van der Waals surface area contributed by atoms with Gasteiger partial charge in [0.1, 0.15) is 13.2 Å². The predicted molar refractivity (Wildman–Crippen MR) is 229 cm³/mol. The van der Waals surface area contributed by atoms with Crippen LogP contribution in [0.25, 0.3) is 0 Å². The van der Waals surface area contributed by atoms with E-state index in [0.717, 1.165) is 57.8 Å². The van der Waals surface area contributed by atoms with E-state index < -0.39 is 6.10 Å². The van der Waals surface area contributed by atoms with Gasteiger partial charge >= 0.3 is 17.9 Å². The molecule has 0 aliphatic carbocycles. The summed E-state index contributed by atoms with van der Waals surface area (Å²) in [5.41, 5.74) is 0. The van der Waals surface area contributed by atoms with Gasteiger partial charge in [-0.05, 0) is 19.3 Å². The Kier molecular flexibility index (Phi) is 42.8. The Hall–Kier alpha value is -1.59. The Morgan fingerprint density at radius 2 is 0.500 bits per heavy atom. The van der Waals surface area contributed by atoms with Crippen LogP contribution in [-0.4, -0.2) is 37.2 Å². The standard InChI is InChI=1S/C48H92O6/c1-4-7-10-13-16-18-20-22-24-26-27-29-32-35-38-41-47(50)53-44-45(43-52-46(49)40-37-34-31-15-12-9-6-3)54-48(51)42-39-36-33-30-28-25-23-21-19-17-14-11-8-5-2/h45H,4-44H2,1-3H3/t45-/m0/s1. The molecule has 0 bridgehead atoms. The molecular weight excluding hydrogens is 673 g/mol. The van der Waals surface area contributed by atoms with Gasteiger partial charge in [-0.2, -0.15) is 0 Å². The Balaban J connectivity index is 4.23. The lowest BCUT2D eigenvalue weighted by Gasteiger charge is -2.18. The van der Waals surface area contributed by atoms with Crippen molar-refractivity contribution in [2.45, 2.75) is 277 Å². The molecule has 0 fully saturated rings. The van der Waals surface area contributed by atoms with Gasteiger partial charge in [-0.3, -0.25) is 14.4 Å². The highest BCUT2D eigenvalue weighted by molar-refractivity contribution is 5.71. The molecule has 0 saturated carbocycles. The van der Waals surface area contributed by atoms with E-state index in [1.54, 1.807) is 0 Å². The molecule has 0 unspecified atom stereocenters. The zero-order valence-electron chi connectivity index (χ0n) is 36.5. The second kappa shape index (κ2) is 44.1. The Bertz CT molecular complexity index is 798. The molecule has 0 radical (unpaired) electrons.